The lowest BCUT2D eigenvalue weighted by Crippen LogP contribution is -2.30. The Morgan fingerprint density at radius 2 is 2.04 bits per heavy atom. The lowest BCUT2D eigenvalue weighted by Gasteiger charge is -2.15. The first-order valence-electron chi connectivity index (χ1n) is 8.15. The van der Waals surface area contributed by atoms with Gasteiger partial charge in [0.15, 0.2) is 5.65 Å². The average Bonchev–Trinajstić information content (AvgIpc) is 3.15. The molecule has 3 rings (SSSR count). The van der Waals surface area contributed by atoms with Crippen LogP contribution in [0.4, 0.5) is 0 Å². The Bertz CT molecular complexity index is 859. The van der Waals surface area contributed by atoms with Crippen molar-refractivity contribution in [1.82, 2.24) is 34.4 Å². The van der Waals surface area contributed by atoms with Crippen LogP contribution in [0, 0.1) is 12.8 Å². The molecule has 0 saturated heterocycles. The summed E-state index contributed by atoms with van der Waals surface area (Å²) < 4.78 is 3.43. The van der Waals surface area contributed by atoms with Gasteiger partial charge in [0.05, 0.1) is 24.5 Å². The highest BCUT2D eigenvalue weighted by atomic mass is 35.5. The molecule has 3 heterocycles. The molecule has 3 aromatic rings. The highest BCUT2D eigenvalue weighted by Gasteiger charge is 2.20. The number of nitrogens with zero attached hydrogens (tertiary/aromatic N) is 6. The molecule has 0 aromatic carbocycles. The van der Waals surface area contributed by atoms with Crippen molar-refractivity contribution in [3.05, 3.63) is 42.1 Å². The van der Waals surface area contributed by atoms with Crippen molar-refractivity contribution >= 4 is 36.4 Å². The molecule has 0 bridgehead atoms. The Hall–Kier alpha value is -2.23. The summed E-state index contributed by atoms with van der Waals surface area (Å²) in [6, 6.07) is -0.264. The van der Waals surface area contributed by atoms with Crippen molar-refractivity contribution in [3.8, 4) is 0 Å². The van der Waals surface area contributed by atoms with Gasteiger partial charge in [-0.2, -0.15) is 5.10 Å². The zero-order chi connectivity index (χ0) is 18.0. The van der Waals surface area contributed by atoms with E-state index in [2.05, 4.69) is 25.4 Å². The molecule has 1 amide bonds. The summed E-state index contributed by atoms with van der Waals surface area (Å²) in [6.07, 6.45) is 7.02. The van der Waals surface area contributed by atoms with Crippen LogP contribution in [-0.4, -0.2) is 35.0 Å². The third-order valence-corrected chi connectivity index (χ3v) is 3.90. The largest absolute Gasteiger partial charge is 0.349 e. The van der Waals surface area contributed by atoms with Gasteiger partial charge in [0.1, 0.15) is 18.2 Å². The van der Waals surface area contributed by atoms with Crippen molar-refractivity contribution in [2.24, 2.45) is 11.7 Å². The van der Waals surface area contributed by atoms with Gasteiger partial charge in [-0.05, 0) is 12.8 Å². The van der Waals surface area contributed by atoms with E-state index in [9.17, 15) is 4.79 Å². The molecule has 11 heteroatoms. The van der Waals surface area contributed by atoms with Crippen LogP contribution in [0.15, 0.2) is 24.8 Å². The zero-order valence-electron chi connectivity index (χ0n) is 15.4. The van der Waals surface area contributed by atoms with Gasteiger partial charge in [0.25, 0.3) is 0 Å². The first-order chi connectivity index (χ1) is 11.9. The average molecular weight is 415 g/mol. The van der Waals surface area contributed by atoms with Gasteiger partial charge in [0.2, 0.25) is 5.91 Å². The number of aromatic nitrogens is 6. The number of imidazole rings is 1. The summed E-state index contributed by atoms with van der Waals surface area (Å²) in [6.45, 7) is 6.22. The van der Waals surface area contributed by atoms with Gasteiger partial charge >= 0.3 is 0 Å². The Kier molecular flexibility index (Phi) is 8.14. The maximum absolute atomic E-state index is 12.3. The maximum atomic E-state index is 12.3. The smallest absolute Gasteiger partial charge is 0.242 e. The predicted octanol–water partition coefficient (Wildman–Crippen LogP) is 1.45. The van der Waals surface area contributed by atoms with Crippen LogP contribution in [0.5, 0.6) is 0 Å². The molecule has 3 aromatic heterocycles. The molecule has 0 aliphatic heterocycles. The van der Waals surface area contributed by atoms with Crippen LogP contribution in [0.1, 0.15) is 37.2 Å². The van der Waals surface area contributed by atoms with Crippen molar-refractivity contribution in [2.75, 3.05) is 0 Å². The molecule has 0 unspecified atom stereocenters. The summed E-state index contributed by atoms with van der Waals surface area (Å²) in [7, 11) is 0. The molecule has 9 nitrogen and oxygen atoms in total. The fraction of sp³-hybridized carbons (Fsp3) is 0.438. The van der Waals surface area contributed by atoms with Gasteiger partial charge < -0.3 is 15.5 Å². The lowest BCUT2D eigenvalue weighted by atomic mass is 10.1. The summed E-state index contributed by atoms with van der Waals surface area (Å²) in [5, 5.41) is 7.13. The van der Waals surface area contributed by atoms with Crippen LogP contribution >= 0.6 is 24.8 Å². The van der Waals surface area contributed by atoms with Gasteiger partial charge in [-0.1, -0.05) is 13.8 Å². The molecule has 148 valence electrons. The normalized spacial score (nSPS) is 11.7. The van der Waals surface area contributed by atoms with Crippen molar-refractivity contribution in [2.45, 2.75) is 39.9 Å². The van der Waals surface area contributed by atoms with Crippen LogP contribution in [0.25, 0.3) is 5.65 Å². The molecule has 27 heavy (non-hydrogen) atoms. The summed E-state index contributed by atoms with van der Waals surface area (Å²) in [4.78, 5) is 25.0. The molecule has 0 radical (unpaired) electrons. The predicted molar refractivity (Wildman–Crippen MR) is 106 cm³/mol. The molecule has 0 fully saturated rings. The van der Waals surface area contributed by atoms with Crippen LogP contribution in [-0.2, 0) is 17.9 Å². The SMILES string of the molecule is Cc1nc([C@@H](N)C(C)C)n(CC(=O)NCc2cn3ccncc3n2)n1.Cl.Cl. The highest BCUT2D eigenvalue weighted by Crippen LogP contribution is 2.16. The first kappa shape index (κ1) is 22.8. The number of halogens is 2. The van der Waals surface area contributed by atoms with E-state index in [0.29, 0.717) is 18.2 Å². The van der Waals surface area contributed by atoms with Gasteiger partial charge in [-0.15, -0.1) is 24.8 Å². The van der Waals surface area contributed by atoms with Gasteiger partial charge in [-0.25, -0.2) is 14.6 Å². The van der Waals surface area contributed by atoms with E-state index in [1.807, 2.05) is 30.6 Å². The number of amides is 1. The number of aryl methyl sites for hydroxylation is 1. The third kappa shape index (κ3) is 5.38. The number of hydrogen-bond acceptors (Lipinski definition) is 6. The van der Waals surface area contributed by atoms with Crippen molar-refractivity contribution < 1.29 is 4.79 Å². The Morgan fingerprint density at radius 1 is 1.30 bits per heavy atom. The van der Waals surface area contributed by atoms with E-state index >= 15 is 0 Å². The van der Waals surface area contributed by atoms with Crippen molar-refractivity contribution in [1.29, 1.82) is 0 Å². The second-order valence-electron chi connectivity index (χ2n) is 6.30. The Labute approximate surface area is 169 Å². The van der Waals surface area contributed by atoms with E-state index in [1.165, 1.54) is 0 Å². The van der Waals surface area contributed by atoms with Gasteiger partial charge in [-0.3, -0.25) is 9.78 Å². The topological polar surface area (TPSA) is 116 Å². The number of carbonyl (C=O) groups excluding carboxylic acids is 1. The molecule has 0 spiro atoms. The Morgan fingerprint density at radius 3 is 2.70 bits per heavy atom. The number of fused-ring (bicyclic) bond motifs is 1. The third-order valence-electron chi connectivity index (χ3n) is 3.90. The monoisotopic (exact) mass is 414 g/mol. The lowest BCUT2D eigenvalue weighted by molar-refractivity contribution is -0.122. The second-order valence-corrected chi connectivity index (χ2v) is 6.30. The fourth-order valence-electron chi connectivity index (χ4n) is 2.49. The fourth-order valence-corrected chi connectivity index (χ4v) is 2.49. The highest BCUT2D eigenvalue weighted by molar-refractivity contribution is 5.85. The van der Waals surface area contributed by atoms with Crippen LogP contribution in [0.3, 0.4) is 0 Å². The van der Waals surface area contributed by atoms with E-state index in [0.717, 1.165) is 11.3 Å². The number of nitrogens with one attached hydrogen (secondary N) is 1. The van der Waals surface area contributed by atoms with E-state index < -0.39 is 0 Å². The Balaban J connectivity index is 0.00000182. The number of nitrogens with two attached hydrogens (primary N) is 1. The molecule has 3 N–H and O–H groups in total. The number of hydrogen-bond donors (Lipinski definition) is 2. The summed E-state index contributed by atoms with van der Waals surface area (Å²) >= 11 is 0. The minimum Gasteiger partial charge on any atom is -0.349 e. The molecule has 0 aliphatic carbocycles. The molecule has 1 atom stereocenters. The molecular formula is C16H24Cl2N8O. The van der Waals surface area contributed by atoms with Crippen LogP contribution < -0.4 is 11.1 Å². The molecule has 0 aliphatic rings. The van der Waals surface area contributed by atoms with E-state index in [1.54, 1.807) is 24.0 Å². The standard InChI is InChI=1S/C16H22N8O.2ClH/c1-10(2)15(17)16-20-11(3)22-24(16)9-14(25)19-6-12-8-23-5-4-18-7-13(23)21-12;;/h4-5,7-8,10,15H,6,9,17H2,1-3H3,(H,19,25);2*1H/t15-;;/m0../s1. The second kappa shape index (κ2) is 9.63. The number of rotatable bonds is 6. The minimum absolute atomic E-state index is 0. The minimum atomic E-state index is -0.264. The van der Waals surface area contributed by atoms with Crippen LogP contribution in [0.2, 0.25) is 0 Å². The first-order valence-corrected chi connectivity index (χ1v) is 8.15. The van der Waals surface area contributed by atoms with E-state index in [4.69, 9.17) is 5.73 Å². The van der Waals surface area contributed by atoms with Gasteiger partial charge in [0, 0.05) is 18.6 Å². The number of carbonyl (C=O) groups is 1. The zero-order valence-corrected chi connectivity index (χ0v) is 17.0. The van der Waals surface area contributed by atoms with E-state index in [-0.39, 0.29) is 49.2 Å². The maximum Gasteiger partial charge on any atom is 0.242 e. The summed E-state index contributed by atoms with van der Waals surface area (Å²) in [5.41, 5.74) is 7.66. The quantitative estimate of drug-likeness (QED) is 0.630. The molecule has 0 saturated carbocycles. The molecular weight excluding hydrogens is 391 g/mol. The van der Waals surface area contributed by atoms with Crippen molar-refractivity contribution in [3.63, 3.8) is 0 Å². The summed E-state index contributed by atoms with van der Waals surface area (Å²) in [5.74, 6) is 1.27.